The van der Waals surface area contributed by atoms with Crippen LogP contribution in [0.2, 0.25) is 0 Å². The SMILES string of the molecule is CCCCC(N)C(=O)N1CCCC1C(=O)NC. The monoisotopic (exact) mass is 241 g/mol. The van der Waals surface area contributed by atoms with Crippen LogP contribution in [0.25, 0.3) is 0 Å². The summed E-state index contributed by atoms with van der Waals surface area (Å²) in [6.45, 7) is 2.72. The summed E-state index contributed by atoms with van der Waals surface area (Å²) < 4.78 is 0. The van der Waals surface area contributed by atoms with E-state index in [4.69, 9.17) is 5.73 Å². The van der Waals surface area contributed by atoms with Crippen LogP contribution in [0.3, 0.4) is 0 Å². The van der Waals surface area contributed by atoms with Gasteiger partial charge in [-0.25, -0.2) is 0 Å². The van der Waals surface area contributed by atoms with Gasteiger partial charge in [0.05, 0.1) is 6.04 Å². The first-order valence-corrected chi connectivity index (χ1v) is 6.39. The molecule has 0 aromatic heterocycles. The van der Waals surface area contributed by atoms with E-state index in [1.54, 1.807) is 11.9 Å². The molecule has 1 fully saturated rings. The molecule has 5 heteroatoms. The highest BCUT2D eigenvalue weighted by Gasteiger charge is 2.35. The van der Waals surface area contributed by atoms with Crippen LogP contribution in [0.15, 0.2) is 0 Å². The lowest BCUT2D eigenvalue weighted by Gasteiger charge is -2.26. The molecule has 1 aliphatic rings. The van der Waals surface area contributed by atoms with Gasteiger partial charge in [-0.3, -0.25) is 9.59 Å². The molecule has 2 atom stereocenters. The summed E-state index contributed by atoms with van der Waals surface area (Å²) >= 11 is 0. The maximum Gasteiger partial charge on any atom is 0.242 e. The van der Waals surface area contributed by atoms with Crippen LogP contribution in [0.1, 0.15) is 39.0 Å². The highest BCUT2D eigenvalue weighted by Crippen LogP contribution is 2.19. The van der Waals surface area contributed by atoms with Gasteiger partial charge in [-0.15, -0.1) is 0 Å². The molecule has 2 unspecified atom stereocenters. The molecule has 5 nitrogen and oxygen atoms in total. The van der Waals surface area contributed by atoms with Gasteiger partial charge in [0.15, 0.2) is 0 Å². The molecule has 0 saturated carbocycles. The highest BCUT2D eigenvalue weighted by molar-refractivity contribution is 5.90. The number of unbranched alkanes of at least 4 members (excludes halogenated alkanes) is 1. The summed E-state index contributed by atoms with van der Waals surface area (Å²) in [6.07, 6.45) is 4.30. The fraction of sp³-hybridized carbons (Fsp3) is 0.833. The van der Waals surface area contributed by atoms with Gasteiger partial charge >= 0.3 is 0 Å². The van der Waals surface area contributed by atoms with Crippen LogP contribution in [0.4, 0.5) is 0 Å². The number of hydrogen-bond donors (Lipinski definition) is 2. The number of amides is 2. The van der Waals surface area contributed by atoms with Gasteiger partial charge in [0, 0.05) is 13.6 Å². The van der Waals surface area contributed by atoms with Gasteiger partial charge < -0.3 is 16.0 Å². The molecule has 1 aliphatic heterocycles. The third-order valence-corrected chi connectivity index (χ3v) is 3.27. The number of rotatable bonds is 5. The summed E-state index contributed by atoms with van der Waals surface area (Å²) in [7, 11) is 1.60. The minimum absolute atomic E-state index is 0.0791. The molecule has 0 bridgehead atoms. The van der Waals surface area contributed by atoms with Crippen molar-refractivity contribution in [3.63, 3.8) is 0 Å². The zero-order valence-corrected chi connectivity index (χ0v) is 10.7. The van der Waals surface area contributed by atoms with Gasteiger partial charge in [0.1, 0.15) is 6.04 Å². The maximum absolute atomic E-state index is 12.1. The van der Waals surface area contributed by atoms with Crippen molar-refractivity contribution in [1.29, 1.82) is 0 Å². The average Bonchev–Trinajstić information content (AvgIpc) is 2.82. The lowest BCUT2D eigenvalue weighted by atomic mass is 10.1. The largest absolute Gasteiger partial charge is 0.357 e. The molecule has 0 radical (unpaired) electrons. The molecule has 1 saturated heterocycles. The van der Waals surface area contributed by atoms with Gasteiger partial charge in [-0.1, -0.05) is 19.8 Å². The lowest BCUT2D eigenvalue weighted by molar-refractivity contribution is -0.139. The van der Waals surface area contributed by atoms with Crippen molar-refractivity contribution in [3.8, 4) is 0 Å². The Kier molecular flexibility index (Phi) is 5.41. The minimum Gasteiger partial charge on any atom is -0.357 e. The van der Waals surface area contributed by atoms with Gasteiger partial charge in [0.25, 0.3) is 0 Å². The predicted molar refractivity (Wildman–Crippen MR) is 66.3 cm³/mol. The summed E-state index contributed by atoms with van der Waals surface area (Å²) in [4.78, 5) is 25.4. The Hall–Kier alpha value is -1.10. The second-order valence-corrected chi connectivity index (χ2v) is 4.55. The Morgan fingerprint density at radius 3 is 2.82 bits per heavy atom. The molecule has 17 heavy (non-hydrogen) atoms. The van der Waals surface area contributed by atoms with E-state index in [0.717, 1.165) is 25.7 Å². The predicted octanol–water partition coefficient (Wildman–Crippen LogP) is 0.241. The Morgan fingerprint density at radius 2 is 2.24 bits per heavy atom. The molecule has 0 aromatic carbocycles. The molecule has 1 rings (SSSR count). The fourth-order valence-electron chi connectivity index (χ4n) is 2.23. The van der Waals surface area contributed by atoms with Gasteiger partial charge in [-0.05, 0) is 19.3 Å². The highest BCUT2D eigenvalue weighted by atomic mass is 16.2. The van der Waals surface area contributed by atoms with E-state index in [1.807, 2.05) is 0 Å². The number of likely N-dealkylation sites (tertiary alicyclic amines) is 1. The summed E-state index contributed by atoms with van der Waals surface area (Å²) in [5.41, 5.74) is 5.86. The number of carbonyl (C=O) groups excluding carboxylic acids is 2. The molecule has 0 spiro atoms. The average molecular weight is 241 g/mol. The Morgan fingerprint density at radius 1 is 1.53 bits per heavy atom. The third-order valence-electron chi connectivity index (χ3n) is 3.27. The number of nitrogens with zero attached hydrogens (tertiary/aromatic N) is 1. The van der Waals surface area contributed by atoms with E-state index < -0.39 is 6.04 Å². The minimum atomic E-state index is -0.458. The fourth-order valence-corrected chi connectivity index (χ4v) is 2.23. The molecular formula is C12H23N3O2. The van der Waals surface area contributed by atoms with Crippen molar-refractivity contribution < 1.29 is 9.59 Å². The van der Waals surface area contributed by atoms with Crippen LogP contribution in [-0.2, 0) is 9.59 Å². The molecule has 0 aliphatic carbocycles. The van der Waals surface area contributed by atoms with E-state index >= 15 is 0 Å². The molecule has 2 amide bonds. The van der Waals surface area contributed by atoms with Crippen molar-refractivity contribution in [1.82, 2.24) is 10.2 Å². The summed E-state index contributed by atoms with van der Waals surface area (Å²) in [6, 6.07) is -0.777. The lowest BCUT2D eigenvalue weighted by Crippen LogP contribution is -2.50. The quantitative estimate of drug-likeness (QED) is 0.724. The zero-order chi connectivity index (χ0) is 12.8. The number of nitrogens with two attached hydrogens (primary N) is 1. The topological polar surface area (TPSA) is 75.4 Å². The van der Waals surface area contributed by atoms with Crippen molar-refractivity contribution >= 4 is 11.8 Å². The standard InChI is InChI=1S/C12H23N3O2/c1-3-4-6-9(13)12(17)15-8-5-7-10(15)11(16)14-2/h9-10H,3-8,13H2,1-2H3,(H,14,16). The summed E-state index contributed by atoms with van der Waals surface area (Å²) in [5.74, 6) is -0.164. The van der Waals surface area contributed by atoms with Gasteiger partial charge in [-0.2, -0.15) is 0 Å². The van der Waals surface area contributed by atoms with Crippen molar-refractivity contribution in [2.45, 2.75) is 51.1 Å². The van der Waals surface area contributed by atoms with Crippen LogP contribution in [-0.4, -0.2) is 42.4 Å². The Balaban J connectivity index is 2.58. The Labute approximate surface area is 103 Å². The van der Waals surface area contributed by atoms with Crippen molar-refractivity contribution in [2.75, 3.05) is 13.6 Å². The first kappa shape index (κ1) is 14.0. The molecular weight excluding hydrogens is 218 g/mol. The zero-order valence-electron chi connectivity index (χ0n) is 10.7. The Bertz CT molecular complexity index is 281. The van der Waals surface area contributed by atoms with Crippen molar-refractivity contribution in [2.24, 2.45) is 5.73 Å². The smallest absolute Gasteiger partial charge is 0.242 e. The number of nitrogens with one attached hydrogen (secondary N) is 1. The third kappa shape index (κ3) is 3.43. The van der Waals surface area contributed by atoms with E-state index in [9.17, 15) is 9.59 Å². The van der Waals surface area contributed by atoms with Crippen molar-refractivity contribution in [3.05, 3.63) is 0 Å². The second-order valence-electron chi connectivity index (χ2n) is 4.55. The number of hydrogen-bond acceptors (Lipinski definition) is 3. The van der Waals surface area contributed by atoms with Crippen LogP contribution < -0.4 is 11.1 Å². The summed E-state index contributed by atoms with van der Waals surface area (Å²) in [5, 5.41) is 2.60. The first-order chi connectivity index (χ1) is 8.11. The van der Waals surface area contributed by atoms with Gasteiger partial charge in [0.2, 0.25) is 11.8 Å². The second kappa shape index (κ2) is 6.59. The number of carbonyl (C=O) groups is 2. The van der Waals surface area contributed by atoms with Crippen LogP contribution in [0.5, 0.6) is 0 Å². The van der Waals surface area contributed by atoms with E-state index in [0.29, 0.717) is 13.0 Å². The number of likely N-dealkylation sites (N-methyl/N-ethyl adjacent to an activating group) is 1. The first-order valence-electron chi connectivity index (χ1n) is 6.39. The normalized spacial score (nSPS) is 21.4. The van der Waals surface area contributed by atoms with E-state index in [1.165, 1.54) is 0 Å². The molecule has 98 valence electrons. The maximum atomic E-state index is 12.1. The molecule has 1 heterocycles. The molecule has 0 aromatic rings. The van der Waals surface area contributed by atoms with E-state index in [-0.39, 0.29) is 17.9 Å². The van der Waals surface area contributed by atoms with Crippen LogP contribution >= 0.6 is 0 Å². The van der Waals surface area contributed by atoms with Crippen LogP contribution in [0, 0.1) is 0 Å². The van der Waals surface area contributed by atoms with E-state index in [2.05, 4.69) is 12.2 Å². The molecule has 3 N–H and O–H groups in total.